The maximum atomic E-state index is 12.3. The molecule has 2 aromatic heterocycles. The summed E-state index contributed by atoms with van der Waals surface area (Å²) in [6.45, 7) is 0.178. The fourth-order valence-corrected chi connectivity index (χ4v) is 4.57. The summed E-state index contributed by atoms with van der Waals surface area (Å²) in [5, 5.41) is 11.5. The van der Waals surface area contributed by atoms with E-state index in [0.717, 1.165) is 0 Å². The predicted molar refractivity (Wildman–Crippen MR) is 120 cm³/mol. The lowest BCUT2D eigenvalue weighted by Crippen LogP contribution is -2.19. The van der Waals surface area contributed by atoms with Crippen LogP contribution in [0.2, 0.25) is 5.02 Å². The number of carbonyl (C=O) groups is 2. The molecule has 0 saturated heterocycles. The number of aromatic nitrogens is 3. The van der Waals surface area contributed by atoms with Gasteiger partial charge in [-0.25, -0.2) is 4.79 Å². The van der Waals surface area contributed by atoms with Gasteiger partial charge in [-0.3, -0.25) is 14.2 Å². The molecule has 11 heteroatoms. The predicted octanol–water partition coefficient (Wildman–Crippen LogP) is 4.10. The summed E-state index contributed by atoms with van der Waals surface area (Å²) in [5.74, 6) is -0.669. The number of ketones is 1. The highest BCUT2D eigenvalue weighted by Crippen LogP contribution is 2.26. The molecular formula is C20H15ClN4O4S2. The number of para-hydroxylation sites is 2. The van der Waals surface area contributed by atoms with Gasteiger partial charge in [0.25, 0.3) is 0 Å². The number of nitrogens with one attached hydrogen (secondary N) is 1. The van der Waals surface area contributed by atoms with E-state index in [-0.39, 0.29) is 30.4 Å². The molecule has 0 bridgehead atoms. The zero-order valence-corrected chi connectivity index (χ0v) is 18.3. The third-order valence-corrected chi connectivity index (χ3v) is 6.51. The van der Waals surface area contributed by atoms with Crippen LogP contribution in [0.1, 0.15) is 16.8 Å². The summed E-state index contributed by atoms with van der Waals surface area (Å²) >= 11 is 8.25. The van der Waals surface area contributed by atoms with E-state index in [1.54, 1.807) is 48.5 Å². The number of fused-ring (bicyclic) bond motifs is 1. The van der Waals surface area contributed by atoms with Gasteiger partial charge in [-0.15, -0.1) is 10.2 Å². The number of hydrogen-bond acceptors (Lipinski definition) is 8. The van der Waals surface area contributed by atoms with Crippen molar-refractivity contribution in [2.24, 2.45) is 0 Å². The molecule has 0 saturated carbocycles. The number of nitrogens with zero attached hydrogens (tertiary/aromatic N) is 3. The van der Waals surface area contributed by atoms with Crippen LogP contribution in [0.15, 0.2) is 62.1 Å². The molecule has 4 aromatic rings. The molecule has 0 aliphatic carbocycles. The van der Waals surface area contributed by atoms with Crippen LogP contribution in [0.25, 0.3) is 11.1 Å². The molecule has 0 fully saturated rings. The van der Waals surface area contributed by atoms with Crippen LogP contribution in [0.5, 0.6) is 0 Å². The quantitative estimate of drug-likeness (QED) is 0.232. The van der Waals surface area contributed by atoms with Gasteiger partial charge in [-0.2, -0.15) is 0 Å². The minimum absolute atomic E-state index is 0.0553. The Labute approximate surface area is 189 Å². The van der Waals surface area contributed by atoms with Crippen molar-refractivity contribution in [1.29, 1.82) is 0 Å². The smallest absolute Gasteiger partial charge is 0.408 e. The molecule has 2 heterocycles. The normalized spacial score (nSPS) is 11.0. The minimum atomic E-state index is -0.506. The Balaban J connectivity index is 1.29. The van der Waals surface area contributed by atoms with Crippen LogP contribution in [-0.4, -0.2) is 32.2 Å². The second kappa shape index (κ2) is 9.46. The molecule has 31 heavy (non-hydrogen) atoms. The molecule has 0 atom stereocenters. The fraction of sp³-hybridized carbons (Fsp3) is 0.150. The van der Waals surface area contributed by atoms with Crippen molar-refractivity contribution in [3.05, 3.63) is 69.7 Å². The highest BCUT2D eigenvalue weighted by Gasteiger charge is 2.14. The van der Waals surface area contributed by atoms with Crippen molar-refractivity contribution in [3.8, 4) is 0 Å². The SMILES string of the molecule is O=C(CCn1c(=O)oc2ccccc21)Nc1nnc(SCC(=O)c2ccc(Cl)cc2)s1. The zero-order chi connectivity index (χ0) is 21.8. The summed E-state index contributed by atoms with van der Waals surface area (Å²) in [7, 11) is 0. The van der Waals surface area contributed by atoms with Gasteiger partial charge in [0.05, 0.1) is 11.3 Å². The molecule has 1 amide bonds. The summed E-state index contributed by atoms with van der Waals surface area (Å²) in [6, 6.07) is 13.7. The monoisotopic (exact) mass is 474 g/mol. The summed E-state index contributed by atoms with van der Waals surface area (Å²) in [5.41, 5.74) is 1.68. The van der Waals surface area contributed by atoms with Gasteiger partial charge in [0.15, 0.2) is 15.7 Å². The maximum Gasteiger partial charge on any atom is 0.419 e. The number of anilines is 1. The van der Waals surface area contributed by atoms with Crippen molar-refractivity contribution < 1.29 is 14.0 Å². The summed E-state index contributed by atoms with van der Waals surface area (Å²) < 4.78 is 7.14. The Morgan fingerprint density at radius 3 is 2.71 bits per heavy atom. The van der Waals surface area contributed by atoms with Crippen molar-refractivity contribution in [3.63, 3.8) is 0 Å². The summed E-state index contributed by atoms with van der Waals surface area (Å²) in [6.07, 6.45) is 0.0700. The summed E-state index contributed by atoms with van der Waals surface area (Å²) in [4.78, 5) is 36.4. The van der Waals surface area contributed by atoms with Gasteiger partial charge in [0.1, 0.15) is 0 Å². The zero-order valence-electron chi connectivity index (χ0n) is 15.9. The molecule has 0 unspecified atom stereocenters. The third kappa shape index (κ3) is 5.22. The first-order valence-corrected chi connectivity index (χ1v) is 11.3. The molecule has 158 valence electrons. The number of hydrogen-bond donors (Lipinski definition) is 1. The van der Waals surface area contributed by atoms with E-state index >= 15 is 0 Å². The second-order valence-corrected chi connectivity index (χ2v) is 9.01. The second-order valence-electron chi connectivity index (χ2n) is 6.38. The van der Waals surface area contributed by atoms with Crippen LogP contribution < -0.4 is 11.1 Å². The van der Waals surface area contributed by atoms with E-state index < -0.39 is 5.76 Å². The Bertz CT molecular complexity index is 1300. The van der Waals surface area contributed by atoms with Crippen LogP contribution in [0, 0.1) is 0 Å². The van der Waals surface area contributed by atoms with Gasteiger partial charge in [-0.1, -0.05) is 46.8 Å². The van der Waals surface area contributed by atoms with Crippen LogP contribution in [-0.2, 0) is 11.3 Å². The van der Waals surface area contributed by atoms with E-state index in [1.807, 2.05) is 0 Å². The Hall–Kier alpha value is -2.95. The van der Waals surface area contributed by atoms with Crippen LogP contribution >= 0.6 is 34.7 Å². The third-order valence-electron chi connectivity index (χ3n) is 4.28. The van der Waals surface area contributed by atoms with E-state index in [2.05, 4.69) is 15.5 Å². The molecule has 0 aliphatic heterocycles. The van der Waals surface area contributed by atoms with Crippen molar-refractivity contribution in [2.45, 2.75) is 17.3 Å². The van der Waals surface area contributed by atoms with Crippen molar-refractivity contribution in [2.75, 3.05) is 11.1 Å². The number of aryl methyl sites for hydroxylation is 1. The molecule has 2 aromatic carbocycles. The van der Waals surface area contributed by atoms with E-state index in [4.69, 9.17) is 16.0 Å². The first-order chi connectivity index (χ1) is 15.0. The minimum Gasteiger partial charge on any atom is -0.408 e. The Kier molecular flexibility index (Phi) is 6.50. The molecule has 0 aliphatic rings. The van der Waals surface area contributed by atoms with E-state index in [9.17, 15) is 14.4 Å². The highest BCUT2D eigenvalue weighted by molar-refractivity contribution is 8.01. The topological polar surface area (TPSA) is 107 Å². The largest absolute Gasteiger partial charge is 0.419 e. The number of thioether (sulfide) groups is 1. The number of Topliss-reactive ketones (excluding diaryl/α,β-unsaturated/α-hetero) is 1. The number of rotatable bonds is 8. The molecular weight excluding hydrogens is 460 g/mol. The lowest BCUT2D eigenvalue weighted by Gasteiger charge is -2.02. The maximum absolute atomic E-state index is 12.3. The van der Waals surface area contributed by atoms with E-state index in [0.29, 0.717) is 31.2 Å². The molecule has 0 radical (unpaired) electrons. The van der Waals surface area contributed by atoms with Crippen molar-refractivity contribution >= 4 is 62.6 Å². The van der Waals surface area contributed by atoms with Gasteiger partial charge in [0, 0.05) is 23.6 Å². The first-order valence-electron chi connectivity index (χ1n) is 9.13. The lowest BCUT2D eigenvalue weighted by molar-refractivity contribution is -0.116. The molecule has 4 rings (SSSR count). The van der Waals surface area contributed by atoms with Crippen molar-refractivity contribution in [1.82, 2.24) is 14.8 Å². The molecule has 8 nitrogen and oxygen atoms in total. The lowest BCUT2D eigenvalue weighted by atomic mass is 10.1. The standard InChI is InChI=1S/C20H15ClN4O4S2/c21-13-7-5-12(6-8-13)15(26)11-30-19-24-23-18(31-19)22-17(27)9-10-25-14-3-1-2-4-16(14)29-20(25)28/h1-8H,9-11H2,(H,22,23,27). The molecule has 0 spiro atoms. The van der Waals surface area contributed by atoms with E-state index in [1.165, 1.54) is 27.7 Å². The molecule has 1 N–H and O–H groups in total. The van der Waals surface area contributed by atoms with Crippen LogP contribution in [0.3, 0.4) is 0 Å². The van der Waals surface area contributed by atoms with Gasteiger partial charge < -0.3 is 9.73 Å². The first kappa shape index (κ1) is 21.3. The van der Waals surface area contributed by atoms with Gasteiger partial charge in [0.2, 0.25) is 11.0 Å². The average molecular weight is 475 g/mol. The number of amides is 1. The number of oxazole rings is 1. The highest BCUT2D eigenvalue weighted by atomic mass is 35.5. The Morgan fingerprint density at radius 2 is 1.90 bits per heavy atom. The van der Waals surface area contributed by atoms with Gasteiger partial charge in [-0.05, 0) is 36.4 Å². The van der Waals surface area contributed by atoms with Gasteiger partial charge >= 0.3 is 5.76 Å². The fourth-order valence-electron chi connectivity index (χ4n) is 2.79. The van der Waals surface area contributed by atoms with Crippen LogP contribution in [0.4, 0.5) is 5.13 Å². The number of benzene rings is 2. The Morgan fingerprint density at radius 1 is 1.13 bits per heavy atom. The average Bonchev–Trinajstić information content (AvgIpc) is 3.34. The number of carbonyl (C=O) groups excluding carboxylic acids is 2. The number of halogens is 1.